The summed E-state index contributed by atoms with van der Waals surface area (Å²) in [5.41, 5.74) is 0. The maximum atomic E-state index is 10.9. The Kier molecular flexibility index (Phi) is 4.34. The number of hydrogen-bond acceptors (Lipinski definition) is 6. The van der Waals surface area contributed by atoms with Gasteiger partial charge in [0, 0.05) is 0 Å². The first-order valence-corrected chi connectivity index (χ1v) is 6.32. The van der Waals surface area contributed by atoms with Gasteiger partial charge in [-0.15, -0.1) is 0 Å². The molecular weight excluding hydrogens is 224 g/mol. The monoisotopic (exact) mass is 237 g/mol. The summed E-state index contributed by atoms with van der Waals surface area (Å²) in [5, 5.41) is 0. The predicted octanol–water partition coefficient (Wildman–Crippen LogP) is 0.975. The van der Waals surface area contributed by atoms with Crippen LogP contribution in [0.1, 0.15) is 32.1 Å². The fourth-order valence-corrected chi connectivity index (χ4v) is 1.71. The third-order valence-electron chi connectivity index (χ3n) is 2.14. The molecule has 0 atom stereocenters. The van der Waals surface area contributed by atoms with Gasteiger partial charge in [-0.1, -0.05) is 6.42 Å². The zero-order valence-electron chi connectivity index (χ0n) is 8.18. The zero-order valence-corrected chi connectivity index (χ0v) is 8.99. The van der Waals surface area contributed by atoms with Crippen LogP contribution in [-0.2, 0) is 19.6 Å². The van der Waals surface area contributed by atoms with E-state index in [4.69, 9.17) is 4.74 Å². The highest BCUT2D eigenvalue weighted by Crippen LogP contribution is 2.20. The fourth-order valence-electron chi connectivity index (χ4n) is 1.47. The molecule has 1 aliphatic carbocycles. The summed E-state index contributed by atoms with van der Waals surface area (Å²) in [5.74, 6) is -1.17. The highest BCUT2D eigenvalue weighted by Gasteiger charge is 2.18. The molecule has 0 bridgehead atoms. The van der Waals surface area contributed by atoms with Crippen molar-refractivity contribution in [2.24, 2.45) is 0 Å². The molecule has 7 heteroatoms. The molecule has 1 aliphatic rings. The Morgan fingerprint density at radius 1 is 1.27 bits per heavy atom. The van der Waals surface area contributed by atoms with E-state index in [9.17, 15) is 17.8 Å². The Bertz CT molecular complexity index is 303. The van der Waals surface area contributed by atoms with Crippen molar-refractivity contribution in [3.63, 3.8) is 0 Å². The van der Waals surface area contributed by atoms with Crippen LogP contribution in [-0.4, -0.2) is 31.2 Å². The molecule has 0 aromatic rings. The third kappa shape index (κ3) is 5.58. The van der Waals surface area contributed by atoms with E-state index in [0.717, 1.165) is 32.1 Å². The molecule has 1 saturated carbocycles. The maximum absolute atomic E-state index is 10.9. The Labute approximate surface area is 88.3 Å². The highest BCUT2D eigenvalue weighted by atomic mass is 32.2. The lowest BCUT2D eigenvalue weighted by Gasteiger charge is -2.21. The molecule has 0 heterocycles. The number of carbonyl (C=O) groups is 1. The second-order valence-electron chi connectivity index (χ2n) is 3.45. The van der Waals surface area contributed by atoms with Crippen LogP contribution in [0.15, 0.2) is 0 Å². The molecule has 0 N–H and O–H groups in total. The lowest BCUT2D eigenvalue weighted by Crippen LogP contribution is -2.23. The van der Waals surface area contributed by atoms with Gasteiger partial charge in [0.2, 0.25) is 0 Å². The van der Waals surface area contributed by atoms with Crippen LogP contribution >= 0.6 is 0 Å². The minimum atomic E-state index is -4.53. The van der Waals surface area contributed by atoms with E-state index >= 15 is 0 Å². The van der Waals surface area contributed by atoms with Gasteiger partial charge in [-0.25, -0.2) is 13.2 Å². The first kappa shape index (κ1) is 12.3. The quantitative estimate of drug-likeness (QED) is 0.536. The van der Waals surface area contributed by atoms with E-state index in [1.807, 2.05) is 0 Å². The van der Waals surface area contributed by atoms with Crippen molar-refractivity contribution in [3.8, 4) is 0 Å². The zero-order chi connectivity index (χ0) is 11.3. The fraction of sp³-hybridized carbons (Fsp3) is 0.875. The van der Waals surface area contributed by atoms with Crippen molar-refractivity contribution in [2.45, 2.75) is 38.2 Å². The average Bonchev–Trinajstić information content (AvgIpc) is 2.15. The second-order valence-corrected chi connectivity index (χ2v) is 4.80. The predicted molar refractivity (Wildman–Crippen MR) is 49.0 cm³/mol. The Morgan fingerprint density at radius 3 is 2.40 bits per heavy atom. The van der Waals surface area contributed by atoms with Crippen LogP contribution in [0, 0.1) is 0 Å². The molecule has 0 aromatic heterocycles. The van der Waals surface area contributed by atoms with Crippen molar-refractivity contribution in [1.29, 1.82) is 0 Å². The molecule has 0 amide bonds. The van der Waals surface area contributed by atoms with E-state index in [1.165, 1.54) is 0 Å². The van der Waals surface area contributed by atoms with E-state index in [1.54, 1.807) is 0 Å². The van der Waals surface area contributed by atoms with Crippen molar-refractivity contribution < 1.29 is 27.2 Å². The maximum Gasteiger partial charge on any atom is 0.509 e. The van der Waals surface area contributed by atoms with E-state index in [0.29, 0.717) is 0 Å². The Morgan fingerprint density at radius 2 is 1.87 bits per heavy atom. The summed E-state index contributed by atoms with van der Waals surface area (Å²) in [6.45, 7) is 0. The van der Waals surface area contributed by atoms with E-state index < -0.39 is 22.2 Å². The van der Waals surface area contributed by atoms with Crippen molar-refractivity contribution >= 4 is 16.3 Å². The molecule has 1 rings (SSSR count). The molecule has 1 fully saturated rings. The van der Waals surface area contributed by atoms with E-state index in [2.05, 4.69) is 4.74 Å². The Balaban J connectivity index is 2.23. The lowest BCUT2D eigenvalue weighted by molar-refractivity contribution is 0.0186. The van der Waals surface area contributed by atoms with Gasteiger partial charge in [0.15, 0.2) is 5.94 Å². The van der Waals surface area contributed by atoms with Crippen molar-refractivity contribution in [3.05, 3.63) is 0 Å². The van der Waals surface area contributed by atoms with Gasteiger partial charge in [-0.3, -0.25) is 0 Å². The average molecular weight is 237 g/mol. The van der Waals surface area contributed by atoms with Gasteiger partial charge >= 0.3 is 6.16 Å². The molecule has 0 spiro atoms. The molecule has 0 aromatic carbocycles. The normalized spacial score (nSPS) is 18.5. The van der Waals surface area contributed by atoms with E-state index in [-0.39, 0.29) is 6.10 Å². The first-order valence-electron chi connectivity index (χ1n) is 4.74. The minimum absolute atomic E-state index is 0.208. The number of rotatable bonds is 3. The molecule has 6 nitrogen and oxygen atoms in total. The van der Waals surface area contributed by atoms with Gasteiger partial charge < -0.3 is 14.0 Å². The van der Waals surface area contributed by atoms with Crippen molar-refractivity contribution in [2.75, 3.05) is 5.94 Å². The van der Waals surface area contributed by atoms with Crippen molar-refractivity contribution in [1.82, 2.24) is 0 Å². The van der Waals surface area contributed by atoms with Gasteiger partial charge in [0.1, 0.15) is 16.2 Å². The summed E-state index contributed by atoms with van der Waals surface area (Å²) in [7, 11) is -4.53. The SMILES string of the molecule is O=C(OCS(=O)(=O)[O-])OC1CCCCC1. The molecule has 0 aliphatic heterocycles. The molecule has 15 heavy (non-hydrogen) atoms. The number of ether oxygens (including phenoxy) is 2. The summed E-state index contributed by atoms with van der Waals surface area (Å²) in [4.78, 5) is 10.9. The summed E-state index contributed by atoms with van der Waals surface area (Å²) < 4.78 is 39.4. The van der Waals surface area contributed by atoms with Gasteiger partial charge in [-0.2, -0.15) is 0 Å². The smallest absolute Gasteiger partial charge is 0.509 e. The van der Waals surface area contributed by atoms with Crippen LogP contribution in [0.3, 0.4) is 0 Å². The van der Waals surface area contributed by atoms with Gasteiger partial charge in [-0.05, 0) is 25.7 Å². The Hall–Kier alpha value is -0.820. The minimum Gasteiger partial charge on any atom is -0.745 e. The third-order valence-corrected chi connectivity index (χ3v) is 2.54. The summed E-state index contributed by atoms with van der Waals surface area (Å²) in [6.07, 6.45) is 3.32. The number of hydrogen-bond donors (Lipinski definition) is 0. The van der Waals surface area contributed by atoms with Crippen LogP contribution < -0.4 is 0 Å². The summed E-state index contributed by atoms with van der Waals surface area (Å²) in [6, 6.07) is 0. The molecule has 88 valence electrons. The molecule has 0 saturated heterocycles. The highest BCUT2D eigenvalue weighted by molar-refractivity contribution is 7.85. The molecule has 0 radical (unpaired) electrons. The largest absolute Gasteiger partial charge is 0.745 e. The lowest BCUT2D eigenvalue weighted by atomic mass is 9.98. The van der Waals surface area contributed by atoms with Gasteiger partial charge in [0.25, 0.3) is 0 Å². The standard InChI is InChI=1S/C8H14O6S/c9-8(13-6-15(10,11)12)14-7-4-2-1-3-5-7/h7H,1-6H2,(H,10,11,12)/p-1. The summed E-state index contributed by atoms with van der Waals surface area (Å²) >= 11 is 0. The van der Waals surface area contributed by atoms with Crippen LogP contribution in [0.5, 0.6) is 0 Å². The van der Waals surface area contributed by atoms with Crippen LogP contribution in [0.25, 0.3) is 0 Å². The number of carbonyl (C=O) groups excluding carboxylic acids is 1. The van der Waals surface area contributed by atoms with Gasteiger partial charge in [0.05, 0.1) is 0 Å². The molecular formula is C8H13O6S-. The first-order chi connectivity index (χ1) is 6.97. The van der Waals surface area contributed by atoms with Crippen LogP contribution in [0.2, 0.25) is 0 Å². The molecule has 0 unspecified atom stereocenters. The topological polar surface area (TPSA) is 92.7 Å². The van der Waals surface area contributed by atoms with Crippen LogP contribution in [0.4, 0.5) is 4.79 Å². The second kappa shape index (κ2) is 5.32.